The number of benzene rings is 2. The lowest BCUT2D eigenvalue weighted by molar-refractivity contribution is -0.117. The highest BCUT2D eigenvalue weighted by molar-refractivity contribution is 7.87. The Balaban J connectivity index is 1.42. The van der Waals surface area contributed by atoms with Crippen LogP contribution in [0.1, 0.15) is 12.8 Å². The molecule has 0 radical (unpaired) electrons. The Morgan fingerprint density at radius 2 is 1.78 bits per heavy atom. The van der Waals surface area contributed by atoms with Gasteiger partial charge in [0.2, 0.25) is 5.91 Å². The van der Waals surface area contributed by atoms with Gasteiger partial charge in [-0.15, -0.1) is 0 Å². The minimum absolute atomic E-state index is 0.0379. The molecular formula is C23H18FN3O4S. The van der Waals surface area contributed by atoms with Crippen LogP contribution >= 0.6 is 0 Å². The molecule has 9 heteroatoms. The van der Waals surface area contributed by atoms with E-state index >= 15 is 0 Å². The van der Waals surface area contributed by atoms with Crippen molar-refractivity contribution in [3.05, 3.63) is 72.7 Å². The monoisotopic (exact) mass is 451 g/mol. The second kappa shape index (κ2) is 7.76. The molecule has 0 unspecified atom stereocenters. The zero-order valence-corrected chi connectivity index (χ0v) is 17.5. The predicted molar refractivity (Wildman–Crippen MR) is 117 cm³/mol. The molecule has 0 saturated heterocycles. The minimum atomic E-state index is -4.08. The molecule has 5 rings (SSSR count). The highest BCUT2D eigenvalue weighted by atomic mass is 32.2. The zero-order chi connectivity index (χ0) is 22.3. The first-order valence-corrected chi connectivity index (χ1v) is 11.4. The minimum Gasteiger partial charge on any atom is -0.379 e. The van der Waals surface area contributed by atoms with Gasteiger partial charge < -0.3 is 14.5 Å². The van der Waals surface area contributed by atoms with Crippen molar-refractivity contribution in [3.8, 4) is 16.9 Å². The number of nitrogens with zero attached hydrogens (tertiary/aromatic N) is 1. The van der Waals surface area contributed by atoms with Gasteiger partial charge in [0.25, 0.3) is 0 Å². The van der Waals surface area contributed by atoms with Crippen LogP contribution < -0.4 is 9.50 Å². The molecule has 2 N–H and O–H groups in total. The molecule has 0 atom stereocenters. The summed E-state index contributed by atoms with van der Waals surface area (Å²) in [5, 5.41) is 3.72. The Morgan fingerprint density at radius 3 is 2.47 bits per heavy atom. The number of fused-ring (bicyclic) bond motifs is 1. The Bertz CT molecular complexity index is 1410. The van der Waals surface area contributed by atoms with E-state index in [0.717, 1.165) is 53.6 Å². The molecule has 2 heterocycles. The molecule has 162 valence electrons. The van der Waals surface area contributed by atoms with Crippen LogP contribution in [0, 0.1) is 11.7 Å². The SMILES string of the molecule is O=C(Nc1cc(-c2ccc(OS(=O)(=O)c3ccc(F)cc3)cc2)c2cc[nH]c2n1)C1CC1. The average molecular weight is 451 g/mol. The summed E-state index contributed by atoms with van der Waals surface area (Å²) in [5.41, 5.74) is 2.26. The third kappa shape index (κ3) is 4.06. The molecule has 0 bridgehead atoms. The van der Waals surface area contributed by atoms with E-state index < -0.39 is 15.9 Å². The van der Waals surface area contributed by atoms with Crippen LogP contribution in [0.4, 0.5) is 10.2 Å². The zero-order valence-electron chi connectivity index (χ0n) is 16.7. The Morgan fingerprint density at radius 1 is 1.06 bits per heavy atom. The van der Waals surface area contributed by atoms with Crippen LogP contribution in [0.3, 0.4) is 0 Å². The van der Waals surface area contributed by atoms with Gasteiger partial charge in [0.05, 0.1) is 0 Å². The first-order chi connectivity index (χ1) is 15.4. The van der Waals surface area contributed by atoms with E-state index in [0.29, 0.717) is 11.5 Å². The number of nitrogens with one attached hydrogen (secondary N) is 2. The highest BCUT2D eigenvalue weighted by Gasteiger charge is 2.30. The molecule has 2 aromatic heterocycles. The van der Waals surface area contributed by atoms with Crippen molar-refractivity contribution < 1.29 is 21.8 Å². The normalized spacial score (nSPS) is 13.8. The molecule has 1 aliphatic carbocycles. The number of hydrogen-bond acceptors (Lipinski definition) is 5. The maximum Gasteiger partial charge on any atom is 0.339 e. The molecule has 1 aliphatic rings. The molecule has 1 saturated carbocycles. The molecule has 2 aromatic carbocycles. The van der Waals surface area contributed by atoms with E-state index in [-0.39, 0.29) is 22.5 Å². The Labute approximate surface area is 183 Å². The maximum atomic E-state index is 13.1. The summed E-state index contributed by atoms with van der Waals surface area (Å²) < 4.78 is 43.1. The topological polar surface area (TPSA) is 101 Å². The van der Waals surface area contributed by atoms with Gasteiger partial charge in [-0.25, -0.2) is 9.37 Å². The van der Waals surface area contributed by atoms with E-state index in [1.54, 1.807) is 24.4 Å². The molecule has 7 nitrogen and oxygen atoms in total. The van der Waals surface area contributed by atoms with Gasteiger partial charge in [0.1, 0.15) is 27.9 Å². The van der Waals surface area contributed by atoms with Gasteiger partial charge >= 0.3 is 10.1 Å². The van der Waals surface area contributed by atoms with Gasteiger partial charge in [-0.2, -0.15) is 8.42 Å². The smallest absolute Gasteiger partial charge is 0.339 e. The Hall–Kier alpha value is -3.72. The number of pyridine rings is 1. The number of carbonyl (C=O) groups is 1. The van der Waals surface area contributed by atoms with E-state index in [9.17, 15) is 17.6 Å². The van der Waals surface area contributed by atoms with Crippen LogP contribution in [-0.4, -0.2) is 24.3 Å². The molecule has 32 heavy (non-hydrogen) atoms. The van der Waals surface area contributed by atoms with Crippen molar-refractivity contribution in [2.24, 2.45) is 5.92 Å². The van der Waals surface area contributed by atoms with Crippen LogP contribution in [0.2, 0.25) is 0 Å². The van der Waals surface area contributed by atoms with Gasteiger partial charge in [-0.05, 0) is 72.5 Å². The van der Waals surface area contributed by atoms with E-state index in [2.05, 4.69) is 15.3 Å². The summed E-state index contributed by atoms with van der Waals surface area (Å²) in [7, 11) is -4.08. The fraction of sp³-hybridized carbons (Fsp3) is 0.130. The number of carbonyl (C=O) groups excluding carboxylic acids is 1. The lowest BCUT2D eigenvalue weighted by Crippen LogP contribution is -2.14. The van der Waals surface area contributed by atoms with Gasteiger partial charge in [-0.3, -0.25) is 4.79 Å². The number of aromatic amines is 1. The number of amides is 1. The highest BCUT2D eigenvalue weighted by Crippen LogP contribution is 2.33. The first kappa shape index (κ1) is 20.2. The summed E-state index contributed by atoms with van der Waals surface area (Å²) in [6, 6.07) is 14.6. The quantitative estimate of drug-likeness (QED) is 0.421. The van der Waals surface area contributed by atoms with Crippen molar-refractivity contribution >= 4 is 32.9 Å². The van der Waals surface area contributed by atoms with Gasteiger partial charge in [0.15, 0.2) is 0 Å². The molecular weight excluding hydrogens is 433 g/mol. The number of H-pyrrole nitrogens is 1. The number of hydrogen-bond donors (Lipinski definition) is 2. The van der Waals surface area contributed by atoms with E-state index in [4.69, 9.17) is 4.18 Å². The first-order valence-electron chi connectivity index (χ1n) is 9.98. The summed E-state index contributed by atoms with van der Waals surface area (Å²) in [5.74, 6) is 0.0587. The maximum absolute atomic E-state index is 13.1. The summed E-state index contributed by atoms with van der Waals surface area (Å²) in [6.07, 6.45) is 3.55. The second-order valence-corrected chi connectivity index (χ2v) is 9.12. The standard InChI is InChI=1S/C23H18FN3O4S/c24-16-5-9-18(10-6-16)32(29,30)31-17-7-3-14(4-8-17)20-13-21(27-23(28)15-1-2-15)26-22-19(20)11-12-25-22/h3-13,15H,1-2H2,(H2,25,26,27,28). The number of halogens is 1. The lowest BCUT2D eigenvalue weighted by atomic mass is 10.0. The van der Waals surface area contributed by atoms with Gasteiger partial charge in [-0.1, -0.05) is 12.1 Å². The molecule has 4 aromatic rings. The average Bonchev–Trinajstić information content (AvgIpc) is 3.52. The van der Waals surface area contributed by atoms with Crippen LogP contribution in [-0.2, 0) is 14.9 Å². The largest absolute Gasteiger partial charge is 0.379 e. The molecule has 0 aliphatic heterocycles. The number of aromatic nitrogens is 2. The van der Waals surface area contributed by atoms with Crippen LogP contribution in [0.25, 0.3) is 22.2 Å². The molecule has 1 amide bonds. The third-order valence-corrected chi connectivity index (χ3v) is 6.46. The molecule has 1 fully saturated rings. The fourth-order valence-corrected chi connectivity index (χ4v) is 4.31. The Kier molecular flexibility index (Phi) is 4.90. The number of anilines is 1. The van der Waals surface area contributed by atoms with E-state index in [1.165, 1.54) is 12.1 Å². The van der Waals surface area contributed by atoms with Crippen LogP contribution in [0.15, 0.2) is 71.8 Å². The fourth-order valence-electron chi connectivity index (χ4n) is 3.38. The van der Waals surface area contributed by atoms with Crippen molar-refractivity contribution in [1.82, 2.24) is 9.97 Å². The lowest BCUT2D eigenvalue weighted by Gasteiger charge is -2.10. The number of rotatable bonds is 6. The predicted octanol–water partition coefficient (Wildman–Crippen LogP) is 4.49. The summed E-state index contributed by atoms with van der Waals surface area (Å²) in [6.45, 7) is 0. The second-order valence-electron chi connectivity index (χ2n) is 7.57. The third-order valence-electron chi connectivity index (χ3n) is 5.20. The van der Waals surface area contributed by atoms with Crippen molar-refractivity contribution in [2.45, 2.75) is 17.7 Å². The summed E-state index contributed by atoms with van der Waals surface area (Å²) >= 11 is 0. The van der Waals surface area contributed by atoms with Crippen LogP contribution in [0.5, 0.6) is 5.75 Å². The summed E-state index contributed by atoms with van der Waals surface area (Å²) in [4.78, 5) is 19.5. The van der Waals surface area contributed by atoms with Gasteiger partial charge in [0, 0.05) is 17.5 Å². The van der Waals surface area contributed by atoms with Crippen molar-refractivity contribution in [1.29, 1.82) is 0 Å². The van der Waals surface area contributed by atoms with Crippen molar-refractivity contribution in [2.75, 3.05) is 5.32 Å². The van der Waals surface area contributed by atoms with Crippen molar-refractivity contribution in [3.63, 3.8) is 0 Å². The molecule has 0 spiro atoms. The van der Waals surface area contributed by atoms with E-state index in [1.807, 2.05) is 6.07 Å².